The summed E-state index contributed by atoms with van der Waals surface area (Å²) >= 11 is 3.37. The van der Waals surface area contributed by atoms with Gasteiger partial charge in [0, 0.05) is 11.0 Å². The normalized spacial score (nSPS) is 13.8. The van der Waals surface area contributed by atoms with E-state index in [4.69, 9.17) is 5.11 Å². The number of nitrogens with zero attached hydrogens (tertiary/aromatic N) is 1. The molecule has 1 atom stereocenters. The van der Waals surface area contributed by atoms with Crippen LogP contribution in [0.5, 0.6) is 0 Å². The van der Waals surface area contributed by atoms with E-state index >= 15 is 0 Å². The zero-order chi connectivity index (χ0) is 20.1. The zero-order valence-corrected chi connectivity index (χ0v) is 18.5. The summed E-state index contributed by atoms with van der Waals surface area (Å²) in [5.41, 5.74) is 5.20. The largest absolute Gasteiger partial charge is 0.392 e. The summed E-state index contributed by atoms with van der Waals surface area (Å²) in [7, 11) is -3.78. The Morgan fingerprint density at radius 3 is 2.27 bits per heavy atom. The molecule has 0 aliphatic rings. The fraction of sp³-hybridized carbons (Fsp3) is 0.450. The quantitative estimate of drug-likeness (QED) is 0.613. The summed E-state index contributed by atoms with van der Waals surface area (Å²) in [6, 6.07) is 3.35. The molecule has 1 N–H and O–H groups in total. The van der Waals surface area contributed by atoms with Crippen molar-refractivity contribution in [2.45, 2.75) is 45.6 Å². The third kappa shape index (κ3) is 5.41. The molecule has 144 valence electrons. The standard InChI is InChI=1S/C20H28BrNO3S/c1-7-8-19(14(2)3)22(13-18(21)9-10-23)26(24,25)20-16(5)11-15(4)12-17(20)6/h8-9,11-12,14,19,23H,1,10,13H2,2-6H3/b18-9-/t19-/m1/s1. The SMILES string of the molecule is C=C=C[C@H](C(C)C)N(C/C(Br)=C/CO)S(=O)(=O)c1c(C)cc(C)cc1C. The van der Waals surface area contributed by atoms with Gasteiger partial charge in [-0.25, -0.2) is 8.42 Å². The van der Waals surface area contributed by atoms with Crippen molar-refractivity contribution >= 4 is 26.0 Å². The summed E-state index contributed by atoms with van der Waals surface area (Å²) in [5.74, 6) is 0.0273. The van der Waals surface area contributed by atoms with Crippen molar-refractivity contribution in [3.63, 3.8) is 0 Å². The van der Waals surface area contributed by atoms with Gasteiger partial charge in [0.1, 0.15) is 0 Å². The Bertz CT molecular complexity index is 798. The lowest BCUT2D eigenvalue weighted by Gasteiger charge is -2.32. The number of aliphatic hydroxyl groups is 1. The highest BCUT2D eigenvalue weighted by molar-refractivity contribution is 9.11. The smallest absolute Gasteiger partial charge is 0.244 e. The Morgan fingerprint density at radius 1 is 1.31 bits per heavy atom. The first-order valence-corrected chi connectivity index (χ1v) is 10.7. The summed E-state index contributed by atoms with van der Waals surface area (Å²) in [5, 5.41) is 9.13. The predicted molar refractivity (Wildman–Crippen MR) is 111 cm³/mol. The number of sulfonamides is 1. The Balaban J connectivity index is 3.63. The second-order valence-electron chi connectivity index (χ2n) is 6.72. The lowest BCUT2D eigenvalue weighted by molar-refractivity contribution is 0.319. The number of halogens is 1. The van der Waals surface area contributed by atoms with Crippen molar-refractivity contribution < 1.29 is 13.5 Å². The van der Waals surface area contributed by atoms with Crippen molar-refractivity contribution in [3.8, 4) is 0 Å². The van der Waals surface area contributed by atoms with Crippen LogP contribution in [-0.2, 0) is 10.0 Å². The minimum absolute atomic E-state index is 0.0273. The average Bonchev–Trinajstić information content (AvgIpc) is 2.49. The van der Waals surface area contributed by atoms with Gasteiger partial charge in [-0.15, -0.1) is 5.73 Å². The Labute approximate surface area is 166 Å². The third-order valence-electron chi connectivity index (χ3n) is 4.10. The number of aliphatic hydroxyl groups excluding tert-OH is 1. The lowest BCUT2D eigenvalue weighted by Crippen LogP contribution is -2.43. The third-order valence-corrected chi connectivity index (χ3v) is 6.82. The molecule has 0 aromatic heterocycles. The zero-order valence-electron chi connectivity index (χ0n) is 16.1. The number of hydrogen-bond acceptors (Lipinski definition) is 3. The van der Waals surface area contributed by atoms with Crippen LogP contribution in [0.4, 0.5) is 0 Å². The first-order valence-electron chi connectivity index (χ1n) is 8.47. The Morgan fingerprint density at radius 2 is 1.85 bits per heavy atom. The summed E-state index contributed by atoms with van der Waals surface area (Å²) in [6.07, 6.45) is 3.23. The Hall–Kier alpha value is -1.17. The second kappa shape index (κ2) is 9.67. The van der Waals surface area contributed by atoms with Gasteiger partial charge in [-0.1, -0.05) is 54.1 Å². The highest BCUT2D eigenvalue weighted by Gasteiger charge is 2.34. The van der Waals surface area contributed by atoms with Gasteiger partial charge in [-0.05, 0) is 50.0 Å². The van der Waals surface area contributed by atoms with Crippen LogP contribution < -0.4 is 0 Å². The second-order valence-corrected chi connectivity index (χ2v) is 9.56. The maximum absolute atomic E-state index is 13.6. The van der Waals surface area contributed by atoms with Gasteiger partial charge in [0.15, 0.2) is 0 Å². The molecule has 0 radical (unpaired) electrons. The summed E-state index contributed by atoms with van der Waals surface area (Å²) in [4.78, 5) is 0.329. The predicted octanol–water partition coefficient (Wildman–Crippen LogP) is 4.24. The monoisotopic (exact) mass is 441 g/mol. The molecule has 1 aromatic rings. The molecule has 0 saturated heterocycles. The molecule has 0 unspecified atom stereocenters. The van der Waals surface area contributed by atoms with Gasteiger partial charge >= 0.3 is 0 Å². The van der Waals surface area contributed by atoms with Crippen LogP contribution in [0.25, 0.3) is 0 Å². The molecule has 26 heavy (non-hydrogen) atoms. The molecule has 0 bridgehead atoms. The van der Waals surface area contributed by atoms with Gasteiger partial charge in [-0.3, -0.25) is 0 Å². The van der Waals surface area contributed by atoms with E-state index in [0.717, 1.165) is 16.7 Å². The Kier molecular flexibility index (Phi) is 8.51. The lowest BCUT2D eigenvalue weighted by atomic mass is 10.0. The molecule has 4 nitrogen and oxygen atoms in total. The maximum atomic E-state index is 13.6. The molecule has 1 aromatic carbocycles. The highest BCUT2D eigenvalue weighted by Crippen LogP contribution is 2.30. The van der Waals surface area contributed by atoms with Crippen LogP contribution in [0.3, 0.4) is 0 Å². The molecule has 0 spiro atoms. The molecule has 0 aliphatic carbocycles. The van der Waals surface area contributed by atoms with Crippen molar-refractivity contribution in [1.29, 1.82) is 0 Å². The minimum atomic E-state index is -3.78. The highest BCUT2D eigenvalue weighted by atomic mass is 79.9. The molecule has 0 fully saturated rings. The van der Waals surface area contributed by atoms with Crippen LogP contribution in [-0.4, -0.2) is 37.0 Å². The van der Waals surface area contributed by atoms with Gasteiger partial charge in [0.05, 0.1) is 17.5 Å². The summed E-state index contributed by atoms with van der Waals surface area (Å²) < 4.78 is 29.2. The van der Waals surface area contributed by atoms with E-state index in [1.165, 1.54) is 4.31 Å². The van der Waals surface area contributed by atoms with Crippen LogP contribution >= 0.6 is 15.9 Å². The van der Waals surface area contributed by atoms with Gasteiger partial charge in [0.2, 0.25) is 10.0 Å². The van der Waals surface area contributed by atoms with E-state index < -0.39 is 16.1 Å². The van der Waals surface area contributed by atoms with Crippen LogP contribution in [0.2, 0.25) is 0 Å². The van der Waals surface area contributed by atoms with Gasteiger partial charge in [0.25, 0.3) is 0 Å². The van der Waals surface area contributed by atoms with Crippen LogP contribution in [0.15, 0.2) is 46.0 Å². The van der Waals surface area contributed by atoms with E-state index in [0.29, 0.717) is 9.38 Å². The number of rotatable bonds is 8. The maximum Gasteiger partial charge on any atom is 0.244 e. The van der Waals surface area contributed by atoms with Crippen molar-refractivity contribution in [2.24, 2.45) is 5.92 Å². The summed E-state index contributed by atoms with van der Waals surface area (Å²) in [6.45, 7) is 13.1. The molecular weight excluding hydrogens is 414 g/mol. The van der Waals surface area contributed by atoms with Crippen molar-refractivity contribution in [1.82, 2.24) is 4.31 Å². The van der Waals surface area contributed by atoms with Gasteiger partial charge < -0.3 is 5.11 Å². The van der Waals surface area contributed by atoms with E-state index in [2.05, 4.69) is 28.2 Å². The molecular formula is C20H28BrNO3S. The molecule has 0 saturated carbocycles. The number of benzene rings is 1. The van der Waals surface area contributed by atoms with E-state index in [9.17, 15) is 8.42 Å². The van der Waals surface area contributed by atoms with Gasteiger partial charge in [-0.2, -0.15) is 4.31 Å². The molecule has 0 amide bonds. The number of aryl methyl sites for hydroxylation is 3. The van der Waals surface area contributed by atoms with E-state index in [-0.39, 0.29) is 19.1 Å². The molecule has 6 heteroatoms. The molecule has 0 aliphatic heterocycles. The van der Waals surface area contributed by atoms with Crippen molar-refractivity contribution in [3.05, 3.63) is 57.8 Å². The topological polar surface area (TPSA) is 57.6 Å². The first kappa shape index (κ1) is 22.9. The fourth-order valence-electron chi connectivity index (χ4n) is 3.08. The molecule has 0 heterocycles. The number of hydrogen-bond donors (Lipinski definition) is 1. The minimum Gasteiger partial charge on any atom is -0.392 e. The fourth-order valence-corrected chi connectivity index (χ4v) is 5.76. The first-order chi connectivity index (χ1) is 12.1. The van der Waals surface area contributed by atoms with Crippen LogP contribution in [0.1, 0.15) is 30.5 Å². The van der Waals surface area contributed by atoms with E-state index in [1.54, 1.807) is 12.2 Å². The van der Waals surface area contributed by atoms with Crippen LogP contribution in [0, 0.1) is 26.7 Å². The van der Waals surface area contributed by atoms with Crippen molar-refractivity contribution in [2.75, 3.05) is 13.2 Å². The average molecular weight is 442 g/mol. The van der Waals surface area contributed by atoms with E-state index in [1.807, 2.05) is 46.8 Å². The molecule has 1 rings (SSSR count).